The van der Waals surface area contributed by atoms with E-state index in [1.165, 1.54) is 0 Å². The van der Waals surface area contributed by atoms with E-state index in [-0.39, 0.29) is 0 Å². The van der Waals surface area contributed by atoms with Crippen molar-refractivity contribution in [3.8, 4) is 6.01 Å². The van der Waals surface area contributed by atoms with Gasteiger partial charge in [0.05, 0.1) is 6.61 Å². The zero-order chi connectivity index (χ0) is 14.4. The van der Waals surface area contributed by atoms with E-state index in [0.29, 0.717) is 30.4 Å². The van der Waals surface area contributed by atoms with Gasteiger partial charge in [0.15, 0.2) is 0 Å². The van der Waals surface area contributed by atoms with Gasteiger partial charge >= 0.3 is 6.01 Å². The highest BCUT2D eigenvalue weighted by atomic mass is 16.5. The van der Waals surface area contributed by atoms with Crippen LogP contribution in [0.4, 0.5) is 11.9 Å². The molecule has 1 aromatic heterocycles. The van der Waals surface area contributed by atoms with Crippen LogP contribution in [0, 0.1) is 5.92 Å². The van der Waals surface area contributed by atoms with Crippen molar-refractivity contribution in [1.82, 2.24) is 15.0 Å². The maximum atomic E-state index is 5.39. The van der Waals surface area contributed by atoms with Gasteiger partial charge in [-0.2, -0.15) is 15.0 Å². The number of hydrogen-bond acceptors (Lipinski definition) is 7. The molecule has 0 spiro atoms. The first kappa shape index (κ1) is 14.8. The highest BCUT2D eigenvalue weighted by Gasteiger charge is 2.22. The van der Waals surface area contributed by atoms with Crippen LogP contribution in [-0.4, -0.2) is 55.4 Å². The van der Waals surface area contributed by atoms with Gasteiger partial charge < -0.3 is 19.7 Å². The second-order valence-electron chi connectivity index (χ2n) is 4.81. The molecule has 0 unspecified atom stereocenters. The van der Waals surface area contributed by atoms with Crippen LogP contribution in [0.1, 0.15) is 19.8 Å². The topological polar surface area (TPSA) is 72.4 Å². The van der Waals surface area contributed by atoms with Gasteiger partial charge in [-0.3, -0.25) is 0 Å². The summed E-state index contributed by atoms with van der Waals surface area (Å²) in [6.45, 7) is 5.16. The van der Waals surface area contributed by atoms with Gasteiger partial charge in [0.25, 0.3) is 0 Å². The predicted molar refractivity (Wildman–Crippen MR) is 77.4 cm³/mol. The Bertz CT molecular complexity index is 421. The zero-order valence-electron chi connectivity index (χ0n) is 12.4. The van der Waals surface area contributed by atoms with E-state index in [0.717, 1.165) is 32.5 Å². The maximum Gasteiger partial charge on any atom is 0.323 e. The van der Waals surface area contributed by atoms with Crippen molar-refractivity contribution in [3.63, 3.8) is 0 Å². The van der Waals surface area contributed by atoms with Crippen molar-refractivity contribution in [2.45, 2.75) is 19.8 Å². The molecule has 1 N–H and O–H groups in total. The third kappa shape index (κ3) is 3.69. The number of rotatable bonds is 6. The lowest BCUT2D eigenvalue weighted by molar-refractivity contribution is 0.139. The fraction of sp³-hybridized carbons (Fsp3) is 0.769. The molecule has 112 valence electrons. The van der Waals surface area contributed by atoms with Crippen LogP contribution in [0.15, 0.2) is 0 Å². The zero-order valence-corrected chi connectivity index (χ0v) is 12.4. The third-order valence-corrected chi connectivity index (χ3v) is 3.40. The van der Waals surface area contributed by atoms with Crippen molar-refractivity contribution in [2.24, 2.45) is 5.92 Å². The summed E-state index contributed by atoms with van der Waals surface area (Å²) in [7, 11) is 3.55. The summed E-state index contributed by atoms with van der Waals surface area (Å²) in [4.78, 5) is 15.1. The van der Waals surface area contributed by atoms with Gasteiger partial charge in [-0.15, -0.1) is 0 Å². The SMILES string of the molecule is CCOc1nc(NC)nc(N2CCC(COC)CC2)n1. The van der Waals surface area contributed by atoms with E-state index in [9.17, 15) is 0 Å². The molecule has 0 amide bonds. The Morgan fingerprint density at radius 2 is 2.00 bits per heavy atom. The van der Waals surface area contributed by atoms with Gasteiger partial charge in [-0.25, -0.2) is 0 Å². The Labute approximate surface area is 119 Å². The van der Waals surface area contributed by atoms with Gasteiger partial charge in [0.1, 0.15) is 0 Å². The molecule has 2 rings (SSSR count). The van der Waals surface area contributed by atoms with Gasteiger partial charge in [0.2, 0.25) is 11.9 Å². The molecule has 2 heterocycles. The van der Waals surface area contributed by atoms with Crippen molar-refractivity contribution in [1.29, 1.82) is 0 Å². The van der Waals surface area contributed by atoms with Crippen LogP contribution in [0.3, 0.4) is 0 Å². The first-order chi connectivity index (χ1) is 9.76. The average molecular weight is 281 g/mol. The highest BCUT2D eigenvalue weighted by molar-refractivity contribution is 5.38. The molecule has 7 nitrogen and oxygen atoms in total. The summed E-state index contributed by atoms with van der Waals surface area (Å²) in [6.07, 6.45) is 2.19. The molecule has 1 aromatic rings. The number of ether oxygens (including phenoxy) is 2. The molecular formula is C13H23N5O2. The molecule has 1 aliphatic rings. The monoisotopic (exact) mass is 281 g/mol. The lowest BCUT2D eigenvalue weighted by Gasteiger charge is -2.31. The number of aromatic nitrogens is 3. The lowest BCUT2D eigenvalue weighted by Crippen LogP contribution is -2.36. The molecule has 0 radical (unpaired) electrons. The van der Waals surface area contributed by atoms with Crippen molar-refractivity contribution in [3.05, 3.63) is 0 Å². The minimum Gasteiger partial charge on any atom is -0.464 e. The molecular weight excluding hydrogens is 258 g/mol. The largest absolute Gasteiger partial charge is 0.464 e. The molecule has 20 heavy (non-hydrogen) atoms. The van der Waals surface area contributed by atoms with Crippen LogP contribution < -0.4 is 15.0 Å². The Kier molecular flexibility index (Phi) is 5.34. The minimum atomic E-state index is 0.376. The van der Waals surface area contributed by atoms with Crippen LogP contribution in [0.2, 0.25) is 0 Å². The first-order valence-corrected chi connectivity index (χ1v) is 7.07. The van der Waals surface area contributed by atoms with E-state index in [1.807, 2.05) is 6.92 Å². The first-order valence-electron chi connectivity index (χ1n) is 7.07. The number of hydrogen-bond donors (Lipinski definition) is 1. The van der Waals surface area contributed by atoms with Crippen LogP contribution >= 0.6 is 0 Å². The summed E-state index contributed by atoms with van der Waals surface area (Å²) in [5, 5.41) is 2.95. The second-order valence-corrected chi connectivity index (χ2v) is 4.81. The number of piperidine rings is 1. The van der Waals surface area contributed by atoms with E-state index in [2.05, 4.69) is 25.2 Å². The highest BCUT2D eigenvalue weighted by Crippen LogP contribution is 2.22. The molecule has 1 saturated heterocycles. The number of nitrogens with one attached hydrogen (secondary N) is 1. The summed E-state index contributed by atoms with van der Waals surface area (Å²) >= 11 is 0. The summed E-state index contributed by atoms with van der Waals surface area (Å²) in [5.74, 6) is 1.86. The van der Waals surface area contributed by atoms with E-state index in [4.69, 9.17) is 9.47 Å². The maximum absolute atomic E-state index is 5.39. The fourth-order valence-corrected chi connectivity index (χ4v) is 2.33. The predicted octanol–water partition coefficient (Wildman–Crippen LogP) is 1.17. The summed E-state index contributed by atoms with van der Waals surface area (Å²) in [6, 6.07) is 0.376. The van der Waals surface area contributed by atoms with Gasteiger partial charge in [-0.05, 0) is 25.7 Å². The Morgan fingerprint density at radius 3 is 2.60 bits per heavy atom. The van der Waals surface area contributed by atoms with Crippen molar-refractivity contribution in [2.75, 3.05) is 50.7 Å². The smallest absolute Gasteiger partial charge is 0.323 e. The minimum absolute atomic E-state index is 0.376. The van der Waals surface area contributed by atoms with E-state index < -0.39 is 0 Å². The normalized spacial score (nSPS) is 16.2. The summed E-state index contributed by atoms with van der Waals surface area (Å²) < 4.78 is 10.6. The van der Waals surface area contributed by atoms with Crippen molar-refractivity contribution >= 4 is 11.9 Å². The van der Waals surface area contributed by atoms with E-state index in [1.54, 1.807) is 14.2 Å². The van der Waals surface area contributed by atoms with E-state index >= 15 is 0 Å². The Hall–Kier alpha value is -1.63. The average Bonchev–Trinajstić information content (AvgIpc) is 2.48. The molecule has 1 aliphatic heterocycles. The van der Waals surface area contributed by atoms with Crippen LogP contribution in [-0.2, 0) is 4.74 Å². The molecule has 0 aromatic carbocycles. The molecule has 0 aliphatic carbocycles. The molecule has 0 atom stereocenters. The molecule has 1 fully saturated rings. The Balaban J connectivity index is 2.06. The van der Waals surface area contributed by atoms with Crippen LogP contribution in [0.25, 0.3) is 0 Å². The fourth-order valence-electron chi connectivity index (χ4n) is 2.33. The number of methoxy groups -OCH3 is 1. The number of nitrogens with zero attached hydrogens (tertiary/aromatic N) is 4. The summed E-state index contributed by atoms with van der Waals surface area (Å²) in [5.41, 5.74) is 0. The van der Waals surface area contributed by atoms with Gasteiger partial charge in [0, 0.05) is 33.9 Å². The molecule has 0 bridgehead atoms. The molecule has 7 heteroatoms. The Morgan fingerprint density at radius 1 is 1.25 bits per heavy atom. The standard InChI is InChI=1S/C13H23N5O2/c1-4-20-13-16-11(14-2)15-12(17-13)18-7-5-10(6-8-18)9-19-3/h10H,4-9H2,1-3H3,(H,14,15,16,17). The van der Waals surface area contributed by atoms with Crippen LogP contribution in [0.5, 0.6) is 6.01 Å². The molecule has 0 saturated carbocycles. The number of anilines is 2. The second kappa shape index (κ2) is 7.23. The quantitative estimate of drug-likeness (QED) is 0.839. The van der Waals surface area contributed by atoms with Gasteiger partial charge in [-0.1, -0.05) is 0 Å². The third-order valence-electron chi connectivity index (χ3n) is 3.40. The lowest BCUT2D eigenvalue weighted by atomic mass is 9.98. The van der Waals surface area contributed by atoms with Crippen molar-refractivity contribution < 1.29 is 9.47 Å².